The van der Waals surface area contributed by atoms with Crippen LogP contribution in [0.4, 0.5) is 0 Å². The molecule has 15 heavy (non-hydrogen) atoms. The third-order valence-corrected chi connectivity index (χ3v) is 1.76. The molecule has 0 spiro atoms. The van der Waals surface area contributed by atoms with Gasteiger partial charge in [-0.15, -0.1) is 0 Å². The van der Waals surface area contributed by atoms with Crippen molar-refractivity contribution in [1.82, 2.24) is 9.97 Å². The molecule has 0 aliphatic heterocycles. The van der Waals surface area contributed by atoms with Crippen LogP contribution in [0, 0.1) is 6.92 Å². The van der Waals surface area contributed by atoms with Gasteiger partial charge in [0.1, 0.15) is 6.61 Å². The molecule has 1 heterocycles. The SMILES string of the molecule is CCOC(=O)c1nc(COC)ncc1C. The van der Waals surface area contributed by atoms with Crippen molar-refractivity contribution in [3.63, 3.8) is 0 Å². The van der Waals surface area contributed by atoms with Crippen LogP contribution in [0.2, 0.25) is 0 Å². The van der Waals surface area contributed by atoms with Gasteiger partial charge >= 0.3 is 5.97 Å². The Kier molecular flexibility index (Phi) is 4.17. The molecule has 0 saturated heterocycles. The van der Waals surface area contributed by atoms with Crippen molar-refractivity contribution in [2.45, 2.75) is 20.5 Å². The summed E-state index contributed by atoms with van der Waals surface area (Å²) in [6.45, 7) is 4.14. The summed E-state index contributed by atoms with van der Waals surface area (Å²) < 4.78 is 9.76. The first kappa shape index (κ1) is 11.6. The van der Waals surface area contributed by atoms with E-state index in [1.54, 1.807) is 27.2 Å². The van der Waals surface area contributed by atoms with Gasteiger partial charge in [0.25, 0.3) is 0 Å². The molecule has 0 aliphatic rings. The first-order valence-electron chi connectivity index (χ1n) is 4.67. The van der Waals surface area contributed by atoms with Crippen LogP contribution in [-0.4, -0.2) is 29.7 Å². The third kappa shape index (κ3) is 2.99. The highest BCUT2D eigenvalue weighted by molar-refractivity contribution is 5.88. The van der Waals surface area contributed by atoms with E-state index in [0.29, 0.717) is 23.7 Å². The Balaban J connectivity index is 2.94. The summed E-state index contributed by atoms with van der Waals surface area (Å²) in [4.78, 5) is 19.6. The zero-order valence-corrected chi connectivity index (χ0v) is 9.11. The predicted molar refractivity (Wildman–Crippen MR) is 53.4 cm³/mol. The molecule has 0 fully saturated rings. The number of rotatable bonds is 4. The Hall–Kier alpha value is -1.49. The average Bonchev–Trinajstić information content (AvgIpc) is 2.21. The summed E-state index contributed by atoms with van der Waals surface area (Å²) in [5.74, 6) is 0.0564. The predicted octanol–water partition coefficient (Wildman–Crippen LogP) is 1.11. The molecule has 0 aliphatic carbocycles. The molecule has 0 radical (unpaired) electrons. The minimum absolute atomic E-state index is 0.284. The van der Waals surface area contributed by atoms with E-state index in [0.717, 1.165) is 0 Å². The monoisotopic (exact) mass is 210 g/mol. The summed E-state index contributed by atoms with van der Waals surface area (Å²) in [6, 6.07) is 0. The fourth-order valence-corrected chi connectivity index (χ4v) is 1.08. The number of methoxy groups -OCH3 is 1. The lowest BCUT2D eigenvalue weighted by Gasteiger charge is -2.05. The number of hydrogen-bond donors (Lipinski definition) is 0. The molecule has 0 unspecified atom stereocenters. The third-order valence-electron chi connectivity index (χ3n) is 1.76. The number of esters is 1. The summed E-state index contributed by atoms with van der Waals surface area (Å²) in [7, 11) is 1.55. The Morgan fingerprint density at radius 2 is 2.27 bits per heavy atom. The Bertz CT molecular complexity index is 353. The van der Waals surface area contributed by atoms with Gasteiger partial charge in [-0.2, -0.15) is 0 Å². The normalized spacial score (nSPS) is 10.1. The van der Waals surface area contributed by atoms with Crippen LogP contribution in [0.25, 0.3) is 0 Å². The minimum atomic E-state index is -0.422. The fourth-order valence-electron chi connectivity index (χ4n) is 1.08. The van der Waals surface area contributed by atoms with Crippen molar-refractivity contribution >= 4 is 5.97 Å². The van der Waals surface area contributed by atoms with Crippen LogP contribution < -0.4 is 0 Å². The molecule has 82 valence electrons. The maximum atomic E-state index is 11.5. The maximum absolute atomic E-state index is 11.5. The highest BCUT2D eigenvalue weighted by Gasteiger charge is 2.13. The number of nitrogens with zero attached hydrogens (tertiary/aromatic N) is 2. The van der Waals surface area contributed by atoms with Crippen molar-refractivity contribution in [3.05, 3.63) is 23.3 Å². The molecule has 1 rings (SSSR count). The van der Waals surface area contributed by atoms with Crippen LogP contribution >= 0.6 is 0 Å². The molecule has 0 saturated carbocycles. The van der Waals surface area contributed by atoms with E-state index in [1.807, 2.05) is 0 Å². The van der Waals surface area contributed by atoms with Gasteiger partial charge in [0.2, 0.25) is 0 Å². The number of carbonyl (C=O) groups is 1. The van der Waals surface area contributed by atoms with E-state index >= 15 is 0 Å². The van der Waals surface area contributed by atoms with Crippen molar-refractivity contribution < 1.29 is 14.3 Å². The van der Waals surface area contributed by atoms with Gasteiger partial charge in [0.15, 0.2) is 11.5 Å². The van der Waals surface area contributed by atoms with E-state index in [2.05, 4.69) is 9.97 Å². The molecular weight excluding hydrogens is 196 g/mol. The second kappa shape index (κ2) is 5.41. The highest BCUT2D eigenvalue weighted by Crippen LogP contribution is 2.06. The number of aromatic nitrogens is 2. The Labute approximate surface area is 88.4 Å². The molecule has 0 amide bonds. The van der Waals surface area contributed by atoms with E-state index in [-0.39, 0.29) is 6.61 Å². The molecule has 0 aromatic carbocycles. The van der Waals surface area contributed by atoms with Crippen LogP contribution in [0.5, 0.6) is 0 Å². The molecule has 1 aromatic heterocycles. The zero-order valence-electron chi connectivity index (χ0n) is 9.11. The van der Waals surface area contributed by atoms with Gasteiger partial charge in [-0.25, -0.2) is 14.8 Å². The van der Waals surface area contributed by atoms with Crippen molar-refractivity contribution in [1.29, 1.82) is 0 Å². The second-order valence-electron chi connectivity index (χ2n) is 2.97. The number of ether oxygens (including phenoxy) is 2. The Morgan fingerprint density at radius 3 is 2.87 bits per heavy atom. The van der Waals surface area contributed by atoms with Gasteiger partial charge in [-0.3, -0.25) is 0 Å². The number of carbonyl (C=O) groups excluding carboxylic acids is 1. The Morgan fingerprint density at radius 1 is 1.53 bits per heavy atom. The highest BCUT2D eigenvalue weighted by atomic mass is 16.5. The molecule has 0 N–H and O–H groups in total. The first-order valence-corrected chi connectivity index (χ1v) is 4.67. The molecule has 0 atom stereocenters. The minimum Gasteiger partial charge on any atom is -0.461 e. The van der Waals surface area contributed by atoms with E-state index in [4.69, 9.17) is 9.47 Å². The fraction of sp³-hybridized carbons (Fsp3) is 0.500. The topological polar surface area (TPSA) is 61.3 Å². The lowest BCUT2D eigenvalue weighted by atomic mass is 10.2. The van der Waals surface area contributed by atoms with Crippen molar-refractivity contribution in [2.75, 3.05) is 13.7 Å². The van der Waals surface area contributed by atoms with Gasteiger partial charge < -0.3 is 9.47 Å². The molecular formula is C10H14N2O3. The van der Waals surface area contributed by atoms with E-state index in [9.17, 15) is 4.79 Å². The first-order chi connectivity index (χ1) is 7.19. The van der Waals surface area contributed by atoms with Gasteiger partial charge in [0.05, 0.1) is 6.61 Å². The van der Waals surface area contributed by atoms with Gasteiger partial charge in [-0.1, -0.05) is 0 Å². The summed E-state index contributed by atoms with van der Waals surface area (Å²) in [6.07, 6.45) is 1.59. The quantitative estimate of drug-likeness (QED) is 0.696. The molecule has 1 aromatic rings. The van der Waals surface area contributed by atoms with E-state index in [1.165, 1.54) is 0 Å². The van der Waals surface area contributed by atoms with Crippen LogP contribution in [0.15, 0.2) is 6.20 Å². The van der Waals surface area contributed by atoms with E-state index < -0.39 is 5.97 Å². The molecule has 5 heteroatoms. The maximum Gasteiger partial charge on any atom is 0.357 e. The summed E-state index contributed by atoms with van der Waals surface area (Å²) in [5.41, 5.74) is 1.01. The largest absolute Gasteiger partial charge is 0.461 e. The van der Waals surface area contributed by atoms with Crippen LogP contribution in [0.3, 0.4) is 0 Å². The molecule has 5 nitrogen and oxygen atoms in total. The van der Waals surface area contributed by atoms with Crippen molar-refractivity contribution in [2.24, 2.45) is 0 Å². The van der Waals surface area contributed by atoms with Gasteiger partial charge in [0, 0.05) is 18.9 Å². The average molecular weight is 210 g/mol. The summed E-state index contributed by atoms with van der Waals surface area (Å²) >= 11 is 0. The number of aryl methyl sites for hydroxylation is 1. The standard InChI is InChI=1S/C10H14N2O3/c1-4-15-10(13)9-7(2)5-11-8(12-9)6-14-3/h5H,4,6H2,1-3H3. The summed E-state index contributed by atoms with van der Waals surface area (Å²) in [5, 5.41) is 0. The zero-order chi connectivity index (χ0) is 11.3. The van der Waals surface area contributed by atoms with Crippen LogP contribution in [-0.2, 0) is 16.1 Å². The molecule has 0 bridgehead atoms. The smallest absolute Gasteiger partial charge is 0.357 e. The lowest BCUT2D eigenvalue weighted by Crippen LogP contribution is -2.12. The van der Waals surface area contributed by atoms with Crippen molar-refractivity contribution in [3.8, 4) is 0 Å². The number of hydrogen-bond acceptors (Lipinski definition) is 5. The second-order valence-corrected chi connectivity index (χ2v) is 2.97. The van der Waals surface area contributed by atoms with Crippen LogP contribution in [0.1, 0.15) is 28.8 Å². The lowest BCUT2D eigenvalue weighted by molar-refractivity contribution is 0.0517. The van der Waals surface area contributed by atoms with Gasteiger partial charge in [-0.05, 0) is 13.8 Å².